The monoisotopic (exact) mass is 687 g/mol. The average Bonchev–Trinajstić information content (AvgIpc) is 3.78. The van der Waals surface area contributed by atoms with Gasteiger partial charge in [0.05, 0.1) is 55.9 Å². The Bertz CT molecular complexity index is 768. The maximum absolute atomic E-state index is 11.1. The zero-order valence-corrected chi connectivity index (χ0v) is 30.5. The molecule has 5 N–H and O–H groups in total. The number of rotatable bonds is 31. The van der Waals surface area contributed by atoms with Gasteiger partial charge >= 0.3 is 5.97 Å². The quantitative estimate of drug-likeness (QED) is 0.0382. The highest BCUT2D eigenvalue weighted by Crippen LogP contribution is 2.34. The molecule has 0 bridgehead atoms. The molecule has 8 atom stereocenters. The number of carbonyl (C=O) groups is 1. The molecule has 0 radical (unpaired) electrons. The molecule has 2 rings (SSSR count). The molecule has 9 heteroatoms. The van der Waals surface area contributed by atoms with E-state index in [2.05, 4.69) is 4.74 Å². The van der Waals surface area contributed by atoms with Crippen molar-refractivity contribution in [2.24, 2.45) is 0 Å². The van der Waals surface area contributed by atoms with Gasteiger partial charge in [-0.3, -0.25) is 4.79 Å². The summed E-state index contributed by atoms with van der Waals surface area (Å²) in [6, 6.07) is 0. The highest BCUT2D eigenvalue weighted by molar-refractivity contribution is 5.69. The fourth-order valence-electron chi connectivity index (χ4n) is 7.45. The summed E-state index contributed by atoms with van der Waals surface area (Å²) in [5.74, 6) is -0.261. The van der Waals surface area contributed by atoms with E-state index in [9.17, 15) is 25.2 Å². The second-order valence-electron chi connectivity index (χ2n) is 14.8. The van der Waals surface area contributed by atoms with E-state index in [0.717, 1.165) is 96.3 Å². The normalized spacial score (nSPS) is 23.7. The summed E-state index contributed by atoms with van der Waals surface area (Å²) >= 11 is 0. The van der Waals surface area contributed by atoms with Crippen LogP contribution in [0.25, 0.3) is 0 Å². The average molecular weight is 687 g/mol. The molecule has 284 valence electrons. The van der Waals surface area contributed by atoms with Gasteiger partial charge in [-0.05, 0) is 70.6 Å². The Balaban J connectivity index is 1.41. The van der Waals surface area contributed by atoms with Crippen molar-refractivity contribution in [2.45, 2.75) is 229 Å². The second kappa shape index (κ2) is 27.9. The van der Waals surface area contributed by atoms with Gasteiger partial charge < -0.3 is 39.7 Å². The van der Waals surface area contributed by atoms with Gasteiger partial charge in [0.15, 0.2) is 0 Å². The van der Waals surface area contributed by atoms with Crippen molar-refractivity contribution >= 4 is 5.97 Å². The molecule has 0 aromatic heterocycles. The van der Waals surface area contributed by atoms with Crippen LogP contribution < -0.4 is 0 Å². The fourth-order valence-corrected chi connectivity index (χ4v) is 7.45. The first-order valence-corrected chi connectivity index (χ1v) is 20.0. The van der Waals surface area contributed by atoms with Crippen LogP contribution in [0.3, 0.4) is 0 Å². The van der Waals surface area contributed by atoms with E-state index >= 15 is 0 Å². The standard InChI is InChI=1S/C39H74O9/c1-46-39(45)29-24-32(42)20-15-11-7-3-5-9-13-17-23-34(44)36-26-28-38(48-36)37-27-25-35(47-37)33(43)22-16-12-8-4-2-6-10-14-19-31(41)21-18-30-40/h31-38,40-44H,2-30H2,1H3/t31-,32-,33-,34+,35-,36-,37-,38-/m1/s1. The smallest absolute Gasteiger partial charge is 0.305 e. The molecule has 9 nitrogen and oxygen atoms in total. The van der Waals surface area contributed by atoms with E-state index in [1.165, 1.54) is 64.9 Å². The van der Waals surface area contributed by atoms with Crippen molar-refractivity contribution < 1.29 is 44.5 Å². The lowest BCUT2D eigenvalue weighted by Crippen LogP contribution is -2.33. The molecule has 0 saturated carbocycles. The van der Waals surface area contributed by atoms with E-state index in [0.29, 0.717) is 19.3 Å². The number of esters is 1. The molecule has 2 aliphatic heterocycles. The maximum atomic E-state index is 11.1. The minimum absolute atomic E-state index is 0.0274. The predicted octanol–water partition coefficient (Wildman–Crippen LogP) is 7.05. The molecular formula is C39H74O9. The van der Waals surface area contributed by atoms with Crippen molar-refractivity contribution in [3.63, 3.8) is 0 Å². The molecule has 2 heterocycles. The van der Waals surface area contributed by atoms with Gasteiger partial charge in [0, 0.05) is 13.0 Å². The largest absolute Gasteiger partial charge is 0.469 e. The minimum Gasteiger partial charge on any atom is -0.469 e. The zero-order valence-electron chi connectivity index (χ0n) is 30.5. The summed E-state index contributed by atoms with van der Waals surface area (Å²) in [6.07, 6.45) is 25.6. The lowest BCUT2D eigenvalue weighted by atomic mass is 10.00. The molecule has 0 aromatic rings. The van der Waals surface area contributed by atoms with Crippen LogP contribution in [0.1, 0.15) is 180 Å². The van der Waals surface area contributed by atoms with Crippen LogP contribution in [0, 0.1) is 0 Å². The van der Waals surface area contributed by atoms with Crippen LogP contribution in [0.4, 0.5) is 0 Å². The van der Waals surface area contributed by atoms with Crippen LogP contribution in [-0.2, 0) is 19.0 Å². The van der Waals surface area contributed by atoms with Gasteiger partial charge in [0.1, 0.15) is 0 Å². The third kappa shape index (κ3) is 20.1. The third-order valence-electron chi connectivity index (χ3n) is 10.6. The van der Waals surface area contributed by atoms with Gasteiger partial charge in [-0.1, -0.05) is 103 Å². The Morgan fingerprint density at radius 2 is 0.896 bits per heavy atom. The topological polar surface area (TPSA) is 146 Å². The van der Waals surface area contributed by atoms with Crippen LogP contribution in [0.2, 0.25) is 0 Å². The van der Waals surface area contributed by atoms with Crippen LogP contribution in [-0.4, -0.2) is 94.1 Å². The summed E-state index contributed by atoms with van der Waals surface area (Å²) < 4.78 is 17.2. The maximum Gasteiger partial charge on any atom is 0.305 e. The lowest BCUT2D eigenvalue weighted by Gasteiger charge is -2.24. The lowest BCUT2D eigenvalue weighted by molar-refractivity contribution is -0.141. The van der Waals surface area contributed by atoms with Crippen molar-refractivity contribution in [3.8, 4) is 0 Å². The van der Waals surface area contributed by atoms with Crippen LogP contribution >= 0.6 is 0 Å². The summed E-state index contributed by atoms with van der Waals surface area (Å²) in [5, 5.41) is 50.1. The molecular weight excluding hydrogens is 612 g/mol. The Morgan fingerprint density at radius 3 is 1.29 bits per heavy atom. The Hall–Kier alpha value is -0.810. The van der Waals surface area contributed by atoms with Crippen molar-refractivity contribution in [2.75, 3.05) is 13.7 Å². The Labute approximate surface area is 292 Å². The number of carbonyl (C=O) groups excluding carboxylic acids is 1. The molecule has 0 aromatic carbocycles. The number of hydrogen-bond donors (Lipinski definition) is 5. The molecule has 2 saturated heterocycles. The van der Waals surface area contributed by atoms with E-state index in [1.807, 2.05) is 0 Å². The molecule has 0 aliphatic carbocycles. The highest BCUT2D eigenvalue weighted by atomic mass is 16.6. The third-order valence-corrected chi connectivity index (χ3v) is 10.6. The molecule has 0 amide bonds. The first kappa shape index (κ1) is 43.4. The van der Waals surface area contributed by atoms with Gasteiger partial charge in [-0.25, -0.2) is 0 Å². The number of ether oxygens (including phenoxy) is 3. The predicted molar refractivity (Wildman–Crippen MR) is 190 cm³/mol. The molecule has 2 fully saturated rings. The zero-order chi connectivity index (χ0) is 34.8. The van der Waals surface area contributed by atoms with Gasteiger partial charge in [0.2, 0.25) is 0 Å². The van der Waals surface area contributed by atoms with Crippen molar-refractivity contribution in [1.82, 2.24) is 0 Å². The van der Waals surface area contributed by atoms with Crippen LogP contribution in [0.15, 0.2) is 0 Å². The molecule has 2 aliphatic rings. The van der Waals surface area contributed by atoms with E-state index in [4.69, 9.17) is 14.6 Å². The molecule has 0 unspecified atom stereocenters. The summed E-state index contributed by atoms with van der Waals surface area (Å²) in [6.45, 7) is 0.161. The van der Waals surface area contributed by atoms with Crippen LogP contribution in [0.5, 0.6) is 0 Å². The highest BCUT2D eigenvalue weighted by Gasteiger charge is 2.40. The van der Waals surface area contributed by atoms with E-state index < -0.39 is 18.3 Å². The first-order valence-electron chi connectivity index (χ1n) is 20.0. The van der Waals surface area contributed by atoms with Gasteiger partial charge in [-0.15, -0.1) is 0 Å². The minimum atomic E-state index is -0.418. The number of hydrogen-bond acceptors (Lipinski definition) is 9. The molecule has 48 heavy (non-hydrogen) atoms. The first-order chi connectivity index (χ1) is 23.3. The summed E-state index contributed by atoms with van der Waals surface area (Å²) in [4.78, 5) is 11.1. The van der Waals surface area contributed by atoms with Gasteiger partial charge in [-0.2, -0.15) is 0 Å². The van der Waals surface area contributed by atoms with E-state index in [1.54, 1.807) is 0 Å². The Kier molecular flexibility index (Phi) is 25.2. The number of aliphatic hydroxyl groups is 5. The van der Waals surface area contributed by atoms with Gasteiger partial charge in [0.25, 0.3) is 0 Å². The van der Waals surface area contributed by atoms with Crippen molar-refractivity contribution in [3.05, 3.63) is 0 Å². The Morgan fingerprint density at radius 1 is 0.542 bits per heavy atom. The molecule has 0 spiro atoms. The second-order valence-corrected chi connectivity index (χ2v) is 14.8. The SMILES string of the molecule is COC(=O)CC[C@H](O)CCCCCCCCCC[C@H](O)[C@H]1CC[C@H]([C@H]2CC[C@H]([C@H](O)CCCCCCCCCC[C@@H](O)CCCO)O2)O1. The van der Waals surface area contributed by atoms with E-state index in [-0.39, 0.29) is 49.5 Å². The summed E-state index contributed by atoms with van der Waals surface area (Å²) in [7, 11) is 1.37. The summed E-state index contributed by atoms with van der Waals surface area (Å²) in [5.41, 5.74) is 0. The number of aliphatic hydroxyl groups excluding tert-OH is 5. The fraction of sp³-hybridized carbons (Fsp3) is 0.974. The number of unbranched alkanes of at least 4 members (excludes halogenated alkanes) is 14. The van der Waals surface area contributed by atoms with Crippen molar-refractivity contribution in [1.29, 1.82) is 0 Å². The number of methoxy groups -OCH3 is 1.